The van der Waals surface area contributed by atoms with Crippen LogP contribution in [0.4, 0.5) is 16.5 Å². The lowest BCUT2D eigenvalue weighted by Crippen LogP contribution is -2.22. The van der Waals surface area contributed by atoms with E-state index in [2.05, 4.69) is 46.8 Å². The molecule has 1 aliphatic rings. The van der Waals surface area contributed by atoms with Gasteiger partial charge in [-0.25, -0.2) is 0 Å². The number of thioether (sulfide) groups is 1. The quantitative estimate of drug-likeness (QED) is 0.531. The smallest absolute Gasteiger partial charge is 0.237 e. The molecule has 1 atom stereocenters. The summed E-state index contributed by atoms with van der Waals surface area (Å²) >= 11 is 2.80. The maximum absolute atomic E-state index is 12.6. The Hall–Kier alpha value is -2.78. The van der Waals surface area contributed by atoms with Crippen molar-refractivity contribution in [3.63, 3.8) is 0 Å². The number of amides is 1. The maximum atomic E-state index is 12.6. The van der Waals surface area contributed by atoms with Crippen LogP contribution < -0.4 is 20.1 Å². The van der Waals surface area contributed by atoms with E-state index in [1.54, 1.807) is 18.2 Å². The summed E-state index contributed by atoms with van der Waals surface area (Å²) in [7, 11) is 0. The SMILES string of the molecule is Cc1ccc(Nc2nnc(S[C@H](C)C(=O)Nc3ccc4c(c3)OCCO4)s2)cc1C. The zero-order valence-corrected chi connectivity index (χ0v) is 18.5. The average molecular weight is 443 g/mol. The van der Waals surface area contributed by atoms with Crippen molar-refractivity contribution in [1.29, 1.82) is 0 Å². The Morgan fingerprint density at radius 3 is 2.60 bits per heavy atom. The van der Waals surface area contributed by atoms with Crippen molar-refractivity contribution in [3.05, 3.63) is 47.5 Å². The van der Waals surface area contributed by atoms with Crippen LogP contribution in [0.15, 0.2) is 40.7 Å². The van der Waals surface area contributed by atoms with E-state index in [4.69, 9.17) is 9.47 Å². The number of anilines is 3. The first-order valence-corrected chi connectivity index (χ1v) is 11.2. The monoisotopic (exact) mass is 442 g/mol. The molecule has 4 rings (SSSR count). The minimum absolute atomic E-state index is 0.115. The van der Waals surface area contributed by atoms with Gasteiger partial charge in [-0.3, -0.25) is 4.79 Å². The van der Waals surface area contributed by atoms with E-state index in [0.717, 1.165) is 10.0 Å². The highest BCUT2D eigenvalue weighted by Gasteiger charge is 2.19. The number of ether oxygens (including phenoxy) is 2. The second-order valence-electron chi connectivity index (χ2n) is 6.90. The minimum atomic E-state index is -0.333. The van der Waals surface area contributed by atoms with Crippen molar-refractivity contribution >= 4 is 45.5 Å². The number of hydrogen-bond acceptors (Lipinski definition) is 8. The van der Waals surface area contributed by atoms with Crippen molar-refractivity contribution in [3.8, 4) is 11.5 Å². The molecule has 156 valence electrons. The molecule has 7 nitrogen and oxygen atoms in total. The largest absolute Gasteiger partial charge is 0.486 e. The van der Waals surface area contributed by atoms with E-state index in [1.165, 1.54) is 34.2 Å². The Balaban J connectivity index is 1.35. The van der Waals surface area contributed by atoms with Crippen molar-refractivity contribution < 1.29 is 14.3 Å². The molecular formula is C21H22N4O3S2. The van der Waals surface area contributed by atoms with Gasteiger partial charge >= 0.3 is 0 Å². The standard InChI is InChI=1S/C21H22N4O3S2/c1-12-4-5-15(10-13(12)2)23-20-24-25-21(30-20)29-14(3)19(26)22-16-6-7-17-18(11-16)28-9-8-27-17/h4-7,10-11,14H,8-9H2,1-3H3,(H,22,26)(H,23,24)/t14-/m1/s1. The summed E-state index contributed by atoms with van der Waals surface area (Å²) in [5, 5.41) is 14.9. The molecule has 2 heterocycles. The predicted octanol–water partition coefficient (Wildman–Crippen LogP) is 4.79. The molecule has 0 spiro atoms. The number of aromatic nitrogens is 2. The Kier molecular flexibility index (Phi) is 6.10. The molecule has 3 aromatic rings. The topological polar surface area (TPSA) is 85.4 Å². The van der Waals surface area contributed by atoms with Crippen molar-refractivity contribution in [2.24, 2.45) is 0 Å². The summed E-state index contributed by atoms with van der Waals surface area (Å²) in [6.45, 7) is 7.04. The molecule has 1 aliphatic heterocycles. The zero-order valence-electron chi connectivity index (χ0n) is 16.9. The summed E-state index contributed by atoms with van der Waals surface area (Å²) in [5.41, 5.74) is 4.09. The summed E-state index contributed by atoms with van der Waals surface area (Å²) in [6.07, 6.45) is 0. The van der Waals surface area contributed by atoms with Gasteiger partial charge in [0.05, 0.1) is 5.25 Å². The number of carbonyl (C=O) groups excluding carboxylic acids is 1. The van der Waals surface area contributed by atoms with Gasteiger partial charge in [0.25, 0.3) is 0 Å². The summed E-state index contributed by atoms with van der Waals surface area (Å²) in [6, 6.07) is 11.5. The molecule has 2 aromatic carbocycles. The molecule has 0 saturated carbocycles. The van der Waals surface area contributed by atoms with Crippen LogP contribution in [-0.2, 0) is 4.79 Å². The average Bonchev–Trinajstić information content (AvgIpc) is 3.17. The molecular weight excluding hydrogens is 420 g/mol. The van der Waals surface area contributed by atoms with Gasteiger partial charge in [0, 0.05) is 17.4 Å². The molecule has 1 amide bonds. The fourth-order valence-electron chi connectivity index (χ4n) is 2.82. The Morgan fingerprint density at radius 1 is 1.03 bits per heavy atom. The number of hydrogen-bond donors (Lipinski definition) is 2. The molecule has 1 aromatic heterocycles. The van der Waals surface area contributed by atoms with Crippen LogP contribution in [-0.4, -0.2) is 34.6 Å². The van der Waals surface area contributed by atoms with Gasteiger partial charge in [0.2, 0.25) is 11.0 Å². The lowest BCUT2D eigenvalue weighted by atomic mass is 10.1. The third-order valence-electron chi connectivity index (χ3n) is 4.62. The van der Waals surface area contributed by atoms with Crippen LogP contribution in [0.3, 0.4) is 0 Å². The predicted molar refractivity (Wildman–Crippen MR) is 120 cm³/mol. The highest BCUT2D eigenvalue weighted by molar-refractivity contribution is 8.02. The van der Waals surface area contributed by atoms with Crippen LogP contribution in [0.25, 0.3) is 0 Å². The normalized spacial score (nSPS) is 13.6. The first kappa shape index (κ1) is 20.5. The van der Waals surface area contributed by atoms with Crippen LogP contribution in [0.2, 0.25) is 0 Å². The molecule has 0 fully saturated rings. The highest BCUT2D eigenvalue weighted by Crippen LogP contribution is 2.34. The van der Waals surface area contributed by atoms with E-state index in [1.807, 2.05) is 13.0 Å². The number of aryl methyl sites for hydroxylation is 2. The van der Waals surface area contributed by atoms with Gasteiger partial charge in [0.15, 0.2) is 15.8 Å². The van der Waals surface area contributed by atoms with Gasteiger partial charge in [-0.2, -0.15) is 0 Å². The second-order valence-corrected chi connectivity index (χ2v) is 9.47. The first-order chi connectivity index (χ1) is 14.5. The molecule has 0 unspecified atom stereocenters. The number of benzene rings is 2. The third-order valence-corrected chi connectivity index (χ3v) is 6.64. The summed E-state index contributed by atoms with van der Waals surface area (Å²) < 4.78 is 11.8. The van der Waals surface area contributed by atoms with Crippen molar-refractivity contribution in [1.82, 2.24) is 10.2 Å². The van der Waals surface area contributed by atoms with E-state index in [-0.39, 0.29) is 11.2 Å². The fourth-order valence-corrected chi connectivity index (χ4v) is 4.74. The van der Waals surface area contributed by atoms with E-state index < -0.39 is 0 Å². The van der Waals surface area contributed by atoms with Crippen molar-refractivity contribution in [2.45, 2.75) is 30.4 Å². The summed E-state index contributed by atoms with van der Waals surface area (Å²) in [4.78, 5) is 12.6. The highest BCUT2D eigenvalue weighted by atomic mass is 32.2. The van der Waals surface area contributed by atoms with E-state index in [9.17, 15) is 4.79 Å². The number of nitrogens with zero attached hydrogens (tertiary/aromatic N) is 2. The molecule has 2 N–H and O–H groups in total. The van der Waals surface area contributed by atoms with Crippen molar-refractivity contribution in [2.75, 3.05) is 23.8 Å². The second kappa shape index (κ2) is 8.93. The molecule has 0 aliphatic carbocycles. The Labute approximate surface area is 183 Å². The van der Waals surface area contributed by atoms with Crippen LogP contribution in [0.5, 0.6) is 11.5 Å². The minimum Gasteiger partial charge on any atom is -0.486 e. The lowest BCUT2D eigenvalue weighted by Gasteiger charge is -2.19. The number of nitrogens with one attached hydrogen (secondary N) is 2. The molecule has 9 heteroatoms. The van der Waals surface area contributed by atoms with Gasteiger partial charge in [-0.1, -0.05) is 29.2 Å². The zero-order chi connectivity index (χ0) is 21.1. The molecule has 30 heavy (non-hydrogen) atoms. The van der Waals surface area contributed by atoms with Gasteiger partial charge in [-0.05, 0) is 56.2 Å². The molecule has 0 saturated heterocycles. The van der Waals surface area contributed by atoms with E-state index >= 15 is 0 Å². The van der Waals surface area contributed by atoms with Crippen LogP contribution in [0, 0.1) is 13.8 Å². The van der Waals surface area contributed by atoms with Gasteiger partial charge in [0.1, 0.15) is 13.2 Å². The van der Waals surface area contributed by atoms with E-state index in [0.29, 0.717) is 35.5 Å². The van der Waals surface area contributed by atoms with Gasteiger partial charge in [-0.15, -0.1) is 10.2 Å². The number of carbonyl (C=O) groups is 1. The molecule has 0 radical (unpaired) electrons. The van der Waals surface area contributed by atoms with Crippen LogP contribution >= 0.6 is 23.1 Å². The maximum Gasteiger partial charge on any atom is 0.237 e. The van der Waals surface area contributed by atoms with Crippen LogP contribution in [0.1, 0.15) is 18.1 Å². The third kappa shape index (κ3) is 4.85. The number of fused-ring (bicyclic) bond motifs is 1. The fraction of sp³-hybridized carbons (Fsp3) is 0.286. The Bertz CT molecular complexity index is 1070. The number of rotatable bonds is 6. The van der Waals surface area contributed by atoms with Gasteiger partial charge < -0.3 is 20.1 Å². The summed E-state index contributed by atoms with van der Waals surface area (Å²) in [5.74, 6) is 1.22. The lowest BCUT2D eigenvalue weighted by molar-refractivity contribution is -0.115. The Morgan fingerprint density at radius 2 is 1.80 bits per heavy atom. The molecule has 0 bridgehead atoms. The first-order valence-electron chi connectivity index (χ1n) is 9.53.